The van der Waals surface area contributed by atoms with Gasteiger partial charge in [0.25, 0.3) is 0 Å². The van der Waals surface area contributed by atoms with Crippen LogP contribution in [0.5, 0.6) is 0 Å². The van der Waals surface area contributed by atoms with E-state index in [2.05, 4.69) is 23.7 Å². The van der Waals surface area contributed by atoms with Crippen molar-refractivity contribution in [2.24, 2.45) is 16.6 Å². The quantitative estimate of drug-likeness (QED) is 0.542. The minimum Gasteiger partial charge on any atom is -0.370 e. The molecule has 3 nitrogen and oxygen atoms in total. The van der Waals surface area contributed by atoms with Crippen LogP contribution in [0, 0.1) is 5.92 Å². The number of guanidine groups is 1. The van der Waals surface area contributed by atoms with Gasteiger partial charge in [0.2, 0.25) is 0 Å². The Hall–Kier alpha value is -0.730. The summed E-state index contributed by atoms with van der Waals surface area (Å²) in [5.41, 5.74) is 5.94. The molecule has 0 saturated carbocycles. The molecule has 0 aromatic heterocycles. The number of hydrogen-bond donors (Lipinski definition) is 1. The van der Waals surface area contributed by atoms with Gasteiger partial charge in [-0.25, -0.2) is 0 Å². The molecule has 14 heavy (non-hydrogen) atoms. The van der Waals surface area contributed by atoms with E-state index >= 15 is 0 Å². The minimum absolute atomic E-state index is 0.563. The highest BCUT2D eigenvalue weighted by molar-refractivity contribution is 5.78. The second kappa shape index (κ2) is 5.23. The molecule has 0 aromatic rings. The Balaban J connectivity index is 2.60. The average Bonchev–Trinajstić information content (AvgIpc) is 2.19. The second-order valence-electron chi connectivity index (χ2n) is 4.19. The zero-order valence-corrected chi connectivity index (χ0v) is 9.66. The van der Waals surface area contributed by atoms with E-state index in [1.165, 1.54) is 19.3 Å². The fourth-order valence-electron chi connectivity index (χ4n) is 2.09. The lowest BCUT2D eigenvalue weighted by Crippen LogP contribution is -2.48. The van der Waals surface area contributed by atoms with Crippen molar-refractivity contribution in [1.82, 2.24) is 4.90 Å². The molecule has 1 heterocycles. The van der Waals surface area contributed by atoms with Gasteiger partial charge in [-0.15, -0.1) is 0 Å². The molecule has 1 rings (SSSR count). The third kappa shape index (κ3) is 2.63. The Labute approximate surface area is 87.4 Å². The van der Waals surface area contributed by atoms with Gasteiger partial charge in [-0.2, -0.15) is 0 Å². The molecular weight excluding hydrogens is 174 g/mol. The normalized spacial score (nSPS) is 29.4. The van der Waals surface area contributed by atoms with Crippen molar-refractivity contribution in [3.05, 3.63) is 0 Å². The Morgan fingerprint density at radius 1 is 1.43 bits per heavy atom. The molecule has 0 radical (unpaired) electrons. The van der Waals surface area contributed by atoms with E-state index in [9.17, 15) is 0 Å². The molecule has 3 heteroatoms. The van der Waals surface area contributed by atoms with Crippen LogP contribution < -0.4 is 5.73 Å². The molecule has 0 aliphatic carbocycles. The third-order valence-corrected chi connectivity index (χ3v) is 3.17. The predicted molar refractivity (Wildman–Crippen MR) is 61.3 cm³/mol. The van der Waals surface area contributed by atoms with Gasteiger partial charge in [-0.05, 0) is 32.6 Å². The van der Waals surface area contributed by atoms with E-state index in [1.807, 2.05) is 6.92 Å². The van der Waals surface area contributed by atoms with Gasteiger partial charge in [0, 0.05) is 19.1 Å². The van der Waals surface area contributed by atoms with E-state index < -0.39 is 0 Å². The number of piperidine rings is 1. The van der Waals surface area contributed by atoms with E-state index in [0.29, 0.717) is 6.04 Å². The van der Waals surface area contributed by atoms with Crippen LogP contribution in [0.1, 0.15) is 40.0 Å². The molecule has 1 aliphatic heterocycles. The molecule has 1 fully saturated rings. The number of nitrogens with zero attached hydrogens (tertiary/aromatic N) is 2. The predicted octanol–water partition coefficient (Wildman–Crippen LogP) is 1.83. The fourth-order valence-corrected chi connectivity index (χ4v) is 2.09. The van der Waals surface area contributed by atoms with Gasteiger partial charge in [0.05, 0.1) is 0 Å². The fraction of sp³-hybridized carbons (Fsp3) is 0.909. The zero-order chi connectivity index (χ0) is 10.6. The molecule has 0 spiro atoms. The Morgan fingerprint density at radius 3 is 2.71 bits per heavy atom. The Morgan fingerprint density at radius 2 is 2.14 bits per heavy atom. The number of likely N-dealkylation sites (tertiary alicyclic amines) is 1. The first-order valence-electron chi connectivity index (χ1n) is 5.75. The first-order valence-corrected chi connectivity index (χ1v) is 5.75. The van der Waals surface area contributed by atoms with E-state index in [1.54, 1.807) is 0 Å². The van der Waals surface area contributed by atoms with Crippen LogP contribution in [0.2, 0.25) is 0 Å². The zero-order valence-electron chi connectivity index (χ0n) is 9.66. The highest BCUT2D eigenvalue weighted by atomic mass is 15.3. The molecule has 1 saturated heterocycles. The molecule has 2 atom stereocenters. The molecule has 1 aliphatic rings. The maximum Gasteiger partial charge on any atom is 0.191 e. The first kappa shape index (κ1) is 11.3. The Kier molecular flexibility index (Phi) is 4.23. The molecule has 0 amide bonds. The maximum atomic E-state index is 5.94. The summed E-state index contributed by atoms with van der Waals surface area (Å²) in [6, 6.07) is 0.563. The van der Waals surface area contributed by atoms with Gasteiger partial charge in [-0.1, -0.05) is 13.3 Å². The number of hydrogen-bond acceptors (Lipinski definition) is 1. The standard InChI is InChI=1S/C11H23N3/c1-4-10-7-6-9(3)14(8-10)11(12)13-5-2/h9-10H,4-8H2,1-3H3,(H2,12,13). The molecule has 2 N–H and O–H groups in total. The van der Waals surface area contributed by atoms with Gasteiger partial charge in [-0.3, -0.25) is 4.99 Å². The van der Waals surface area contributed by atoms with Crippen LogP contribution in [-0.2, 0) is 0 Å². The van der Waals surface area contributed by atoms with Crippen molar-refractivity contribution in [3.8, 4) is 0 Å². The summed E-state index contributed by atoms with van der Waals surface area (Å²) >= 11 is 0. The van der Waals surface area contributed by atoms with Crippen molar-refractivity contribution in [3.63, 3.8) is 0 Å². The highest BCUT2D eigenvalue weighted by Crippen LogP contribution is 2.23. The maximum absolute atomic E-state index is 5.94. The largest absolute Gasteiger partial charge is 0.370 e. The smallest absolute Gasteiger partial charge is 0.191 e. The molecular formula is C11H23N3. The van der Waals surface area contributed by atoms with E-state index in [-0.39, 0.29) is 0 Å². The summed E-state index contributed by atoms with van der Waals surface area (Å²) in [5.74, 6) is 1.54. The summed E-state index contributed by atoms with van der Waals surface area (Å²) in [6.45, 7) is 8.40. The lowest BCUT2D eigenvalue weighted by molar-refractivity contribution is 0.191. The number of rotatable bonds is 2. The van der Waals surface area contributed by atoms with Crippen LogP contribution in [-0.4, -0.2) is 30.0 Å². The lowest BCUT2D eigenvalue weighted by Gasteiger charge is -2.38. The van der Waals surface area contributed by atoms with Gasteiger partial charge >= 0.3 is 0 Å². The van der Waals surface area contributed by atoms with E-state index in [4.69, 9.17) is 5.73 Å². The summed E-state index contributed by atoms with van der Waals surface area (Å²) in [5, 5.41) is 0. The minimum atomic E-state index is 0.563. The Bertz CT molecular complexity index is 201. The molecule has 0 aromatic carbocycles. The van der Waals surface area contributed by atoms with Crippen molar-refractivity contribution in [2.75, 3.05) is 13.1 Å². The summed E-state index contributed by atoms with van der Waals surface area (Å²) < 4.78 is 0. The molecule has 82 valence electrons. The second-order valence-corrected chi connectivity index (χ2v) is 4.19. The van der Waals surface area contributed by atoms with Crippen LogP contribution in [0.3, 0.4) is 0 Å². The van der Waals surface area contributed by atoms with Crippen molar-refractivity contribution in [2.45, 2.75) is 46.1 Å². The highest BCUT2D eigenvalue weighted by Gasteiger charge is 2.25. The SMILES string of the molecule is CCN=C(N)N1CC(CC)CCC1C. The summed E-state index contributed by atoms with van der Waals surface area (Å²) in [7, 11) is 0. The first-order chi connectivity index (χ1) is 6.69. The third-order valence-electron chi connectivity index (χ3n) is 3.17. The lowest BCUT2D eigenvalue weighted by atomic mass is 9.92. The number of aliphatic imine (C=N–C) groups is 1. The van der Waals surface area contributed by atoms with E-state index in [0.717, 1.165) is 25.0 Å². The molecule has 0 bridgehead atoms. The van der Waals surface area contributed by atoms with Crippen LogP contribution in [0.25, 0.3) is 0 Å². The van der Waals surface area contributed by atoms with Crippen molar-refractivity contribution in [1.29, 1.82) is 0 Å². The van der Waals surface area contributed by atoms with Crippen LogP contribution in [0.15, 0.2) is 4.99 Å². The topological polar surface area (TPSA) is 41.6 Å². The van der Waals surface area contributed by atoms with Crippen LogP contribution >= 0.6 is 0 Å². The monoisotopic (exact) mass is 197 g/mol. The van der Waals surface area contributed by atoms with Crippen molar-refractivity contribution < 1.29 is 0 Å². The summed E-state index contributed by atoms with van der Waals surface area (Å²) in [6.07, 6.45) is 3.84. The molecule has 2 unspecified atom stereocenters. The van der Waals surface area contributed by atoms with Gasteiger partial charge < -0.3 is 10.6 Å². The number of nitrogens with two attached hydrogens (primary N) is 1. The van der Waals surface area contributed by atoms with Crippen LogP contribution in [0.4, 0.5) is 0 Å². The van der Waals surface area contributed by atoms with Gasteiger partial charge in [0.15, 0.2) is 5.96 Å². The average molecular weight is 197 g/mol. The van der Waals surface area contributed by atoms with Gasteiger partial charge in [0.1, 0.15) is 0 Å². The summed E-state index contributed by atoms with van der Waals surface area (Å²) in [4.78, 5) is 6.55. The van der Waals surface area contributed by atoms with Crippen molar-refractivity contribution >= 4 is 5.96 Å².